The molecule has 17 heavy (non-hydrogen) atoms. The Morgan fingerprint density at radius 1 is 1.41 bits per heavy atom. The second-order valence-electron chi connectivity index (χ2n) is 2.91. The van der Waals surface area contributed by atoms with Crippen LogP contribution in [0.25, 0.3) is 0 Å². The zero-order valence-electron chi connectivity index (χ0n) is 8.22. The Morgan fingerprint density at radius 2 is 2.06 bits per heavy atom. The van der Waals surface area contributed by atoms with E-state index in [1.807, 2.05) is 0 Å². The molecule has 1 atom stereocenters. The van der Waals surface area contributed by atoms with Crippen LogP contribution in [0.1, 0.15) is 6.42 Å². The summed E-state index contributed by atoms with van der Waals surface area (Å²) in [5.41, 5.74) is 0. The number of aromatic nitrogens is 3. The molecule has 0 saturated carbocycles. The molecule has 0 fully saturated rings. The predicted octanol–water partition coefficient (Wildman–Crippen LogP) is -1.92. The fourth-order valence-corrected chi connectivity index (χ4v) is 2.05. The number of hydrogen-bond acceptors (Lipinski definition) is 6. The summed E-state index contributed by atoms with van der Waals surface area (Å²) in [6.07, 6.45) is 1.23. The fourth-order valence-electron chi connectivity index (χ4n) is 0.939. The molecule has 0 aromatic carbocycles. The molecule has 1 aromatic heterocycles. The molecule has 0 aliphatic carbocycles. The summed E-state index contributed by atoms with van der Waals surface area (Å²) in [6.45, 7) is 0. The Balaban J connectivity index is 2.92. The van der Waals surface area contributed by atoms with Gasteiger partial charge in [-0.05, 0) is 5.21 Å². The predicted molar refractivity (Wildman–Crippen MR) is 52.0 cm³/mol. The van der Waals surface area contributed by atoms with Crippen LogP contribution in [-0.4, -0.2) is 50.9 Å². The van der Waals surface area contributed by atoms with Crippen LogP contribution >= 0.6 is 0 Å². The zero-order valence-corrected chi connectivity index (χ0v) is 9.03. The van der Waals surface area contributed by atoms with E-state index in [0.29, 0.717) is 4.79 Å². The van der Waals surface area contributed by atoms with Crippen LogP contribution in [0.2, 0.25) is 0 Å². The number of sulfonamides is 1. The highest BCUT2D eigenvalue weighted by molar-refractivity contribution is 7.93. The van der Waals surface area contributed by atoms with Crippen LogP contribution in [0, 0.1) is 0 Å². The second-order valence-corrected chi connectivity index (χ2v) is 4.75. The first-order valence-electron chi connectivity index (χ1n) is 4.15. The van der Waals surface area contributed by atoms with Crippen molar-refractivity contribution in [1.82, 2.24) is 15.1 Å². The maximum Gasteiger partial charge on any atom is 0.324 e. The summed E-state index contributed by atoms with van der Waals surface area (Å²) < 4.78 is 23.1. The number of aliphatic carboxylic acids is 2. The molecular weight excluding hydrogens is 256 g/mol. The van der Waals surface area contributed by atoms with Crippen molar-refractivity contribution in [2.45, 2.75) is 11.7 Å². The van der Waals surface area contributed by atoms with E-state index in [-0.39, 0.29) is 0 Å². The minimum atomic E-state index is -4.41. The molecule has 94 valence electrons. The molecular formula is C6H8N4O6S. The lowest BCUT2D eigenvalue weighted by atomic mass is 10.3. The van der Waals surface area contributed by atoms with E-state index in [1.54, 1.807) is 4.83 Å². The van der Waals surface area contributed by atoms with Gasteiger partial charge < -0.3 is 10.2 Å². The van der Waals surface area contributed by atoms with Crippen molar-refractivity contribution < 1.29 is 28.2 Å². The molecule has 1 rings (SSSR count). The van der Waals surface area contributed by atoms with Gasteiger partial charge in [0.25, 0.3) is 10.0 Å². The first-order chi connectivity index (χ1) is 7.83. The van der Waals surface area contributed by atoms with Crippen molar-refractivity contribution in [2.75, 3.05) is 4.83 Å². The van der Waals surface area contributed by atoms with E-state index in [0.717, 1.165) is 12.4 Å². The van der Waals surface area contributed by atoms with E-state index in [4.69, 9.17) is 10.2 Å². The Kier molecular flexibility index (Phi) is 3.62. The Labute approximate surface area is 94.9 Å². The number of hydrogen-bond donors (Lipinski definition) is 3. The van der Waals surface area contributed by atoms with E-state index in [1.165, 1.54) is 0 Å². The Hall–Kier alpha value is -2.17. The summed E-state index contributed by atoms with van der Waals surface area (Å²) in [5.74, 6) is -3.30. The average Bonchev–Trinajstić information content (AvgIpc) is 2.65. The van der Waals surface area contributed by atoms with E-state index < -0.39 is 33.6 Å². The van der Waals surface area contributed by atoms with E-state index in [9.17, 15) is 18.0 Å². The van der Waals surface area contributed by atoms with Crippen LogP contribution in [0.4, 0.5) is 0 Å². The van der Waals surface area contributed by atoms with Crippen LogP contribution in [0.15, 0.2) is 12.4 Å². The van der Waals surface area contributed by atoms with Gasteiger partial charge in [-0.1, -0.05) is 0 Å². The van der Waals surface area contributed by atoms with Gasteiger partial charge in [-0.15, -0.1) is 5.10 Å². The number of carbonyl (C=O) groups is 2. The van der Waals surface area contributed by atoms with E-state index in [2.05, 4.69) is 10.3 Å². The summed E-state index contributed by atoms with van der Waals surface area (Å²) in [4.78, 5) is 23.5. The SMILES string of the molecule is O=C(O)CC(C(=O)O)S(=O)(=O)Nn1ccnn1. The Bertz CT molecular complexity index is 509. The molecule has 1 aromatic rings. The van der Waals surface area contributed by atoms with Gasteiger partial charge in [-0.3, -0.25) is 9.59 Å². The topological polar surface area (TPSA) is 151 Å². The van der Waals surface area contributed by atoms with Crippen molar-refractivity contribution in [3.05, 3.63) is 12.4 Å². The molecule has 1 unspecified atom stereocenters. The lowest BCUT2D eigenvalue weighted by Gasteiger charge is -2.12. The first-order valence-corrected chi connectivity index (χ1v) is 5.70. The molecule has 0 spiro atoms. The van der Waals surface area contributed by atoms with E-state index >= 15 is 0 Å². The summed E-state index contributed by atoms with van der Waals surface area (Å²) >= 11 is 0. The lowest BCUT2D eigenvalue weighted by molar-refractivity contribution is -0.143. The van der Waals surface area contributed by atoms with Crippen molar-refractivity contribution in [3.63, 3.8) is 0 Å². The zero-order chi connectivity index (χ0) is 13.1. The molecule has 3 N–H and O–H groups in total. The Morgan fingerprint density at radius 3 is 2.47 bits per heavy atom. The molecule has 0 aliphatic heterocycles. The number of carboxylic acid groups (broad SMARTS) is 2. The van der Waals surface area contributed by atoms with Gasteiger partial charge in [0.1, 0.15) is 0 Å². The standard InChI is InChI=1S/C6H8N4O6S/c11-5(12)3-4(6(13)14)17(15,16)9-10-2-1-7-8-10/h1-2,4,9H,3H2,(H,11,12)(H,13,14). The average molecular weight is 264 g/mol. The third-order valence-corrected chi connectivity index (χ3v) is 3.21. The minimum absolute atomic E-state index is 0.660. The smallest absolute Gasteiger partial charge is 0.324 e. The second kappa shape index (κ2) is 4.78. The lowest BCUT2D eigenvalue weighted by Crippen LogP contribution is -2.40. The van der Waals surface area contributed by atoms with Crippen LogP contribution in [0.5, 0.6) is 0 Å². The third-order valence-electron chi connectivity index (χ3n) is 1.65. The maximum atomic E-state index is 11.5. The highest BCUT2D eigenvalue weighted by Gasteiger charge is 2.35. The fraction of sp³-hybridized carbons (Fsp3) is 0.333. The normalized spacial score (nSPS) is 12.9. The monoisotopic (exact) mass is 264 g/mol. The molecule has 10 nitrogen and oxygen atoms in total. The third kappa shape index (κ3) is 3.41. The van der Waals surface area contributed by atoms with Gasteiger partial charge in [0.15, 0.2) is 5.25 Å². The van der Waals surface area contributed by atoms with Crippen LogP contribution < -0.4 is 4.83 Å². The number of carboxylic acids is 2. The van der Waals surface area contributed by atoms with Gasteiger partial charge in [0, 0.05) is 0 Å². The number of nitrogens with one attached hydrogen (secondary N) is 1. The van der Waals surface area contributed by atoms with Gasteiger partial charge in [-0.25, -0.2) is 13.2 Å². The quantitative estimate of drug-likeness (QED) is 0.537. The first kappa shape index (κ1) is 12.9. The van der Waals surface area contributed by atoms with Gasteiger partial charge >= 0.3 is 11.9 Å². The van der Waals surface area contributed by atoms with Gasteiger partial charge in [-0.2, -0.15) is 4.79 Å². The molecule has 0 radical (unpaired) electrons. The summed E-state index contributed by atoms with van der Waals surface area (Å²) in [5, 5.41) is 21.5. The van der Waals surface area contributed by atoms with Gasteiger partial charge in [0.05, 0.1) is 18.8 Å². The minimum Gasteiger partial charge on any atom is -0.481 e. The maximum absolute atomic E-state index is 11.5. The molecule has 0 bridgehead atoms. The largest absolute Gasteiger partial charge is 0.481 e. The van der Waals surface area contributed by atoms with Gasteiger partial charge in [0.2, 0.25) is 0 Å². The molecule has 0 saturated heterocycles. The molecule has 0 aliphatic rings. The molecule has 1 heterocycles. The van der Waals surface area contributed by atoms with Crippen molar-refractivity contribution >= 4 is 22.0 Å². The van der Waals surface area contributed by atoms with Crippen LogP contribution in [0.3, 0.4) is 0 Å². The van der Waals surface area contributed by atoms with Crippen LogP contribution in [-0.2, 0) is 19.6 Å². The van der Waals surface area contributed by atoms with Crippen molar-refractivity contribution in [1.29, 1.82) is 0 Å². The van der Waals surface area contributed by atoms with Crippen molar-refractivity contribution in [2.24, 2.45) is 0 Å². The highest BCUT2D eigenvalue weighted by Crippen LogP contribution is 2.06. The molecule has 11 heteroatoms. The molecule has 0 amide bonds. The van der Waals surface area contributed by atoms with Crippen molar-refractivity contribution in [3.8, 4) is 0 Å². The summed E-state index contributed by atoms with van der Waals surface area (Å²) in [7, 11) is -4.41. The number of rotatable bonds is 6. The highest BCUT2D eigenvalue weighted by atomic mass is 32.2. The number of nitrogens with zero attached hydrogens (tertiary/aromatic N) is 3. The summed E-state index contributed by atoms with van der Waals surface area (Å²) in [6, 6.07) is 0.